The summed E-state index contributed by atoms with van der Waals surface area (Å²) >= 11 is 6.10. The molecule has 32 heavy (non-hydrogen) atoms. The Morgan fingerprint density at radius 2 is 1.91 bits per heavy atom. The van der Waals surface area contributed by atoms with Gasteiger partial charge in [-0.15, -0.1) is 24.8 Å². The number of halogens is 3. The zero-order valence-corrected chi connectivity index (χ0v) is 20.2. The van der Waals surface area contributed by atoms with E-state index >= 15 is 0 Å². The van der Waals surface area contributed by atoms with E-state index in [-0.39, 0.29) is 30.5 Å². The SMILES string of the molecule is COc1ccc(CNCCNc2ccc([N+](=O)[O-])cc2Cl)cc1CN1CCOCC1.Cl.Cl. The fourth-order valence-electron chi connectivity index (χ4n) is 3.34. The molecule has 3 rings (SSSR count). The Hall–Kier alpha value is -1.81. The van der Waals surface area contributed by atoms with Crippen LogP contribution in [0.5, 0.6) is 5.75 Å². The Kier molecular flexibility index (Phi) is 12.7. The molecular weight excluding hydrogens is 479 g/mol. The van der Waals surface area contributed by atoms with Gasteiger partial charge in [-0.1, -0.05) is 17.7 Å². The highest BCUT2D eigenvalue weighted by molar-refractivity contribution is 6.33. The summed E-state index contributed by atoms with van der Waals surface area (Å²) in [5.41, 5.74) is 3.03. The summed E-state index contributed by atoms with van der Waals surface area (Å²) in [4.78, 5) is 12.7. The molecule has 1 aliphatic rings. The zero-order chi connectivity index (χ0) is 21.3. The van der Waals surface area contributed by atoms with Crippen molar-refractivity contribution in [2.45, 2.75) is 13.1 Å². The number of nitrogens with one attached hydrogen (secondary N) is 2. The topological polar surface area (TPSA) is 88.9 Å². The van der Waals surface area contributed by atoms with Crippen molar-refractivity contribution in [3.05, 3.63) is 62.7 Å². The predicted molar refractivity (Wildman–Crippen MR) is 132 cm³/mol. The van der Waals surface area contributed by atoms with Gasteiger partial charge in [0.25, 0.3) is 5.69 Å². The number of non-ortho nitro benzene ring substituents is 1. The standard InChI is InChI=1S/C21H27ClN4O4.2ClH/c1-29-21-5-2-16(12-17(21)15-25-8-10-30-11-9-25)14-23-6-7-24-20-4-3-18(26(27)28)13-19(20)22;;/h2-5,12-13,23-24H,6-11,14-15H2,1H3;2*1H. The summed E-state index contributed by atoms with van der Waals surface area (Å²) in [7, 11) is 1.70. The van der Waals surface area contributed by atoms with Crippen LogP contribution in [0.3, 0.4) is 0 Å². The van der Waals surface area contributed by atoms with E-state index in [2.05, 4.69) is 27.7 Å². The molecule has 0 aromatic heterocycles. The second kappa shape index (κ2) is 14.4. The molecule has 0 unspecified atom stereocenters. The first-order chi connectivity index (χ1) is 14.6. The Balaban J connectivity index is 0.00000256. The largest absolute Gasteiger partial charge is 0.496 e. The number of morpholine rings is 1. The summed E-state index contributed by atoms with van der Waals surface area (Å²) in [6.07, 6.45) is 0. The third-order valence-corrected chi connectivity index (χ3v) is 5.27. The minimum Gasteiger partial charge on any atom is -0.496 e. The molecule has 2 N–H and O–H groups in total. The van der Waals surface area contributed by atoms with Crippen molar-refractivity contribution < 1.29 is 14.4 Å². The summed E-state index contributed by atoms with van der Waals surface area (Å²) in [6.45, 7) is 6.36. The second-order valence-corrected chi connectivity index (χ2v) is 7.47. The molecule has 0 radical (unpaired) electrons. The molecule has 1 fully saturated rings. The van der Waals surface area contributed by atoms with Crippen LogP contribution in [0.4, 0.5) is 11.4 Å². The van der Waals surface area contributed by atoms with Crippen LogP contribution in [0.2, 0.25) is 5.02 Å². The van der Waals surface area contributed by atoms with Gasteiger partial charge in [-0.3, -0.25) is 15.0 Å². The van der Waals surface area contributed by atoms with Crippen LogP contribution in [0.15, 0.2) is 36.4 Å². The Labute approximate surface area is 205 Å². The highest BCUT2D eigenvalue weighted by Crippen LogP contribution is 2.26. The first-order valence-electron chi connectivity index (χ1n) is 9.91. The molecule has 0 atom stereocenters. The third-order valence-electron chi connectivity index (χ3n) is 4.95. The number of methoxy groups -OCH3 is 1. The van der Waals surface area contributed by atoms with Crippen molar-refractivity contribution >= 4 is 47.8 Å². The van der Waals surface area contributed by atoms with Gasteiger partial charge in [0.1, 0.15) is 5.75 Å². The van der Waals surface area contributed by atoms with Crippen molar-refractivity contribution in [2.24, 2.45) is 0 Å². The molecule has 11 heteroatoms. The molecule has 8 nitrogen and oxygen atoms in total. The summed E-state index contributed by atoms with van der Waals surface area (Å²) in [6, 6.07) is 10.7. The van der Waals surface area contributed by atoms with Crippen LogP contribution >= 0.6 is 36.4 Å². The fourth-order valence-corrected chi connectivity index (χ4v) is 3.59. The molecule has 0 bridgehead atoms. The third kappa shape index (κ3) is 8.27. The lowest BCUT2D eigenvalue weighted by atomic mass is 10.1. The number of nitro groups is 1. The lowest BCUT2D eigenvalue weighted by molar-refractivity contribution is -0.384. The number of anilines is 1. The fraction of sp³-hybridized carbons (Fsp3) is 0.429. The molecule has 0 spiro atoms. The van der Waals surface area contributed by atoms with Gasteiger partial charge in [-0.05, 0) is 23.8 Å². The number of hydrogen-bond acceptors (Lipinski definition) is 7. The van der Waals surface area contributed by atoms with Crippen molar-refractivity contribution in [3.8, 4) is 5.75 Å². The van der Waals surface area contributed by atoms with Crippen molar-refractivity contribution in [1.82, 2.24) is 10.2 Å². The van der Waals surface area contributed by atoms with Gasteiger partial charge in [0, 0.05) is 57.0 Å². The van der Waals surface area contributed by atoms with Crippen molar-refractivity contribution in [2.75, 3.05) is 51.8 Å². The average molecular weight is 508 g/mol. The highest BCUT2D eigenvalue weighted by atomic mass is 35.5. The lowest BCUT2D eigenvalue weighted by Crippen LogP contribution is -2.35. The van der Waals surface area contributed by atoms with Gasteiger partial charge in [-0.25, -0.2) is 0 Å². The molecule has 2 aromatic carbocycles. The smallest absolute Gasteiger partial charge is 0.271 e. The highest BCUT2D eigenvalue weighted by Gasteiger charge is 2.14. The van der Waals surface area contributed by atoms with Crippen LogP contribution in [0.1, 0.15) is 11.1 Å². The maximum atomic E-state index is 10.8. The summed E-state index contributed by atoms with van der Waals surface area (Å²) < 4.78 is 10.9. The Bertz CT molecular complexity index is 867. The molecule has 2 aromatic rings. The van der Waals surface area contributed by atoms with Crippen LogP contribution in [0.25, 0.3) is 0 Å². The monoisotopic (exact) mass is 506 g/mol. The summed E-state index contributed by atoms with van der Waals surface area (Å²) in [5, 5.41) is 17.7. The van der Waals surface area contributed by atoms with E-state index in [1.54, 1.807) is 13.2 Å². The summed E-state index contributed by atoms with van der Waals surface area (Å²) in [5.74, 6) is 0.903. The number of ether oxygens (including phenoxy) is 2. The van der Waals surface area contributed by atoms with Gasteiger partial charge in [0.05, 0.1) is 36.0 Å². The van der Waals surface area contributed by atoms with Gasteiger partial charge < -0.3 is 20.1 Å². The first kappa shape index (κ1) is 28.2. The van der Waals surface area contributed by atoms with Gasteiger partial charge in [0.15, 0.2) is 0 Å². The van der Waals surface area contributed by atoms with E-state index in [9.17, 15) is 10.1 Å². The minimum absolute atomic E-state index is 0. The molecule has 1 aliphatic heterocycles. The first-order valence-corrected chi connectivity index (χ1v) is 10.3. The molecule has 0 saturated carbocycles. The molecular formula is C21H29Cl3N4O4. The molecule has 178 valence electrons. The zero-order valence-electron chi connectivity index (χ0n) is 17.8. The quantitative estimate of drug-likeness (QED) is 0.284. The van der Waals surface area contributed by atoms with E-state index in [4.69, 9.17) is 21.1 Å². The van der Waals surface area contributed by atoms with Crippen molar-refractivity contribution in [3.63, 3.8) is 0 Å². The second-order valence-electron chi connectivity index (χ2n) is 7.06. The van der Waals surface area contributed by atoms with Gasteiger partial charge in [-0.2, -0.15) is 0 Å². The van der Waals surface area contributed by atoms with Crippen LogP contribution in [-0.4, -0.2) is 56.3 Å². The molecule has 1 saturated heterocycles. The van der Waals surface area contributed by atoms with E-state index in [1.165, 1.54) is 23.3 Å². The molecule has 0 amide bonds. The lowest BCUT2D eigenvalue weighted by Gasteiger charge is -2.27. The van der Waals surface area contributed by atoms with Crippen LogP contribution < -0.4 is 15.4 Å². The number of nitro benzene ring substituents is 1. The minimum atomic E-state index is -0.459. The number of hydrogen-bond donors (Lipinski definition) is 2. The van der Waals surface area contributed by atoms with Gasteiger partial charge in [0.2, 0.25) is 0 Å². The van der Waals surface area contributed by atoms with E-state index in [1.807, 2.05) is 6.07 Å². The predicted octanol–water partition coefficient (Wildman–Crippen LogP) is 4.13. The number of rotatable bonds is 10. The average Bonchev–Trinajstić information content (AvgIpc) is 2.75. The van der Waals surface area contributed by atoms with E-state index in [0.717, 1.165) is 51.7 Å². The van der Waals surface area contributed by atoms with E-state index in [0.29, 0.717) is 17.3 Å². The van der Waals surface area contributed by atoms with Crippen LogP contribution in [-0.2, 0) is 17.8 Å². The van der Waals surface area contributed by atoms with Crippen molar-refractivity contribution in [1.29, 1.82) is 0 Å². The van der Waals surface area contributed by atoms with Crippen LogP contribution in [0, 0.1) is 10.1 Å². The maximum absolute atomic E-state index is 10.8. The number of benzene rings is 2. The van der Waals surface area contributed by atoms with E-state index < -0.39 is 4.92 Å². The van der Waals surface area contributed by atoms with Gasteiger partial charge >= 0.3 is 0 Å². The Morgan fingerprint density at radius 3 is 2.56 bits per heavy atom. The Morgan fingerprint density at radius 1 is 1.16 bits per heavy atom. The maximum Gasteiger partial charge on any atom is 0.271 e. The molecule has 0 aliphatic carbocycles. The molecule has 1 heterocycles. The number of nitrogens with zero attached hydrogens (tertiary/aromatic N) is 2. The normalized spacial score (nSPS) is 13.6.